The predicted octanol–water partition coefficient (Wildman–Crippen LogP) is 3.85. The number of hydrogen-bond acceptors (Lipinski definition) is 5. The lowest BCUT2D eigenvalue weighted by Crippen LogP contribution is -2.64. The maximum atomic E-state index is 14.2. The summed E-state index contributed by atoms with van der Waals surface area (Å²) in [6.45, 7) is -0.188. The summed E-state index contributed by atoms with van der Waals surface area (Å²) >= 11 is 0. The van der Waals surface area contributed by atoms with Gasteiger partial charge in [-0.25, -0.2) is 22.3 Å². The normalized spacial score (nSPS) is 18.3. The van der Waals surface area contributed by atoms with Crippen molar-refractivity contribution in [3.63, 3.8) is 0 Å². The van der Waals surface area contributed by atoms with E-state index in [2.05, 4.69) is 4.74 Å². The summed E-state index contributed by atoms with van der Waals surface area (Å²) in [5, 5.41) is 0. The van der Waals surface area contributed by atoms with Crippen molar-refractivity contribution in [1.82, 2.24) is 9.62 Å². The lowest BCUT2D eigenvalue weighted by Gasteiger charge is -2.38. The van der Waals surface area contributed by atoms with Crippen molar-refractivity contribution < 1.29 is 75.0 Å². The Labute approximate surface area is 178 Å². The number of halogens is 13. The molecule has 1 N–H and O–H groups in total. The van der Waals surface area contributed by atoms with Crippen LogP contribution in [0.25, 0.3) is 0 Å². The maximum absolute atomic E-state index is 14.2. The molecule has 0 aromatic rings. The Bertz CT molecular complexity index is 738. The van der Waals surface area contributed by atoms with Crippen LogP contribution in [-0.4, -0.2) is 82.8 Å². The fraction of sp³-hybridized carbons (Fsp3) is 1.00. The summed E-state index contributed by atoms with van der Waals surface area (Å²) in [4.78, 5) is 1.55. The van der Waals surface area contributed by atoms with Gasteiger partial charge in [0.1, 0.15) is 0 Å². The second kappa shape index (κ2) is 10.2. The summed E-state index contributed by atoms with van der Waals surface area (Å²) in [6.07, 6.45) is -30.9. The molecule has 0 aromatic carbocycles. The Morgan fingerprint density at radius 3 is 1.64 bits per heavy atom. The van der Waals surface area contributed by atoms with Crippen LogP contribution in [-0.2, 0) is 19.5 Å². The van der Waals surface area contributed by atoms with Crippen LogP contribution in [0.5, 0.6) is 0 Å². The van der Waals surface area contributed by atoms with Crippen LogP contribution < -0.4 is 4.72 Å². The minimum Gasteiger partial charge on any atom is -0.309 e. The Hall–Kier alpha value is -1.12. The minimum atomic E-state index is -7.39. The summed E-state index contributed by atoms with van der Waals surface area (Å²) in [5.41, 5.74) is 0. The van der Waals surface area contributed by atoms with Gasteiger partial charge in [0.15, 0.2) is 0 Å². The largest absolute Gasteiger partial charge is 0.525 e. The van der Waals surface area contributed by atoms with Crippen molar-refractivity contribution in [3.05, 3.63) is 0 Å². The fourth-order valence-electron chi connectivity index (χ4n) is 1.92. The number of nitrogens with one attached hydrogen (secondary N) is 1. The maximum Gasteiger partial charge on any atom is 0.525 e. The average Bonchev–Trinajstić information content (AvgIpc) is 2.53. The summed E-state index contributed by atoms with van der Waals surface area (Å²) in [6, 6.07) is 0. The van der Waals surface area contributed by atoms with Gasteiger partial charge in [0.2, 0.25) is 10.0 Å². The number of sulfonamides is 1. The number of hydrogen-bond donors (Lipinski definition) is 1. The molecule has 0 saturated carbocycles. The van der Waals surface area contributed by atoms with Gasteiger partial charge in [-0.3, -0.25) is 4.74 Å². The van der Waals surface area contributed by atoms with Gasteiger partial charge < -0.3 is 4.90 Å². The Morgan fingerprint density at radius 2 is 1.27 bits per heavy atom. The van der Waals surface area contributed by atoms with Gasteiger partial charge in [-0.2, -0.15) is 39.5 Å². The molecule has 0 aliphatic heterocycles. The van der Waals surface area contributed by atoms with Gasteiger partial charge in [-0.05, 0) is 27.1 Å². The smallest absolute Gasteiger partial charge is 0.309 e. The van der Waals surface area contributed by atoms with E-state index in [9.17, 15) is 65.5 Å². The highest BCUT2D eigenvalue weighted by Crippen LogP contribution is 2.53. The number of nitrogens with zero attached hydrogens (tertiary/aromatic N) is 1. The third-order valence-electron chi connectivity index (χ3n) is 3.51. The zero-order valence-corrected chi connectivity index (χ0v) is 17.3. The third kappa shape index (κ3) is 9.21. The van der Waals surface area contributed by atoms with E-state index in [1.807, 2.05) is 0 Å². The van der Waals surface area contributed by atoms with Crippen LogP contribution in [0.2, 0.25) is 0 Å². The minimum absolute atomic E-state index is 0.0611. The van der Waals surface area contributed by atoms with Crippen LogP contribution in [0, 0.1) is 0 Å². The molecule has 0 fully saturated rings. The first kappa shape index (κ1) is 31.9. The van der Waals surface area contributed by atoms with Crippen LogP contribution in [0.3, 0.4) is 0 Å². The average molecular weight is 544 g/mol. The number of alkyl halides is 13. The van der Waals surface area contributed by atoms with Crippen LogP contribution in [0.15, 0.2) is 0 Å². The van der Waals surface area contributed by atoms with E-state index in [4.69, 9.17) is 0 Å². The first-order valence-corrected chi connectivity index (χ1v) is 9.92. The van der Waals surface area contributed by atoms with E-state index < -0.39 is 65.3 Å². The zero-order chi connectivity index (χ0) is 26.7. The highest BCUT2D eigenvalue weighted by atomic mass is 32.2. The molecule has 33 heavy (non-hydrogen) atoms. The molecule has 0 saturated heterocycles. The van der Waals surface area contributed by atoms with Crippen molar-refractivity contribution in [2.24, 2.45) is 0 Å². The summed E-state index contributed by atoms with van der Waals surface area (Å²) < 4.78 is 196. The van der Waals surface area contributed by atoms with Crippen LogP contribution in [0.4, 0.5) is 57.1 Å². The Kier molecular flexibility index (Phi) is 9.90. The van der Waals surface area contributed by atoms with Crippen LogP contribution in [0.1, 0.15) is 12.8 Å². The number of rotatable bonds is 12. The van der Waals surface area contributed by atoms with Crippen molar-refractivity contribution in [3.8, 4) is 0 Å². The van der Waals surface area contributed by atoms with E-state index >= 15 is 0 Å². The van der Waals surface area contributed by atoms with Crippen molar-refractivity contribution in [1.29, 1.82) is 0 Å². The summed E-state index contributed by atoms with van der Waals surface area (Å²) in [5.74, 6) is -15.4. The lowest BCUT2D eigenvalue weighted by atomic mass is 10.2. The lowest BCUT2D eigenvalue weighted by molar-refractivity contribution is -0.543. The SMILES string of the molecule is CN(C)CCCNS(=O)(=O)CCC(F)(OC(F)(F)C(F)(OC(F)(F)F)C(F)(F)F)C(F)(F)F. The molecular weight excluding hydrogens is 527 g/mol. The molecule has 0 radical (unpaired) electrons. The molecule has 0 heterocycles. The van der Waals surface area contributed by atoms with Gasteiger partial charge >= 0.3 is 36.5 Å². The van der Waals surface area contributed by atoms with E-state index in [1.165, 1.54) is 0 Å². The fourth-order valence-corrected chi connectivity index (χ4v) is 3.05. The van der Waals surface area contributed by atoms with Crippen molar-refractivity contribution in [2.75, 3.05) is 32.9 Å². The number of ether oxygens (including phenoxy) is 2. The molecular formula is C13H17F13N2O4S. The molecule has 0 rings (SSSR count). The topological polar surface area (TPSA) is 67.9 Å². The summed E-state index contributed by atoms with van der Waals surface area (Å²) in [7, 11) is -1.77. The van der Waals surface area contributed by atoms with Gasteiger partial charge in [-0.15, -0.1) is 13.2 Å². The second-order valence-electron chi connectivity index (χ2n) is 6.61. The van der Waals surface area contributed by atoms with Crippen molar-refractivity contribution in [2.45, 2.75) is 49.4 Å². The molecule has 2 atom stereocenters. The van der Waals surface area contributed by atoms with E-state index in [0.29, 0.717) is 0 Å². The first-order chi connectivity index (χ1) is 14.3. The molecule has 200 valence electrons. The third-order valence-corrected chi connectivity index (χ3v) is 4.89. The molecule has 0 amide bonds. The Balaban J connectivity index is 5.84. The highest BCUT2D eigenvalue weighted by Gasteiger charge is 2.80. The molecule has 6 nitrogen and oxygen atoms in total. The molecule has 2 unspecified atom stereocenters. The van der Waals surface area contributed by atoms with Gasteiger partial charge in [0.05, 0.1) is 5.75 Å². The highest BCUT2D eigenvalue weighted by molar-refractivity contribution is 7.89. The molecule has 20 heteroatoms. The van der Waals surface area contributed by atoms with Crippen LogP contribution >= 0.6 is 0 Å². The van der Waals surface area contributed by atoms with E-state index in [-0.39, 0.29) is 13.0 Å². The standard InChI is InChI=1S/C13H17F13N2O4S/c1-28(2)6-3-5-27-33(29,30)7-4-8(14,10(16,17)18)31-12(22,23)9(15,11(19,20)21)32-13(24,25)26/h27H,3-7H2,1-2H3. The molecule has 0 bridgehead atoms. The molecule has 0 spiro atoms. The van der Waals surface area contributed by atoms with E-state index in [1.54, 1.807) is 28.5 Å². The Morgan fingerprint density at radius 1 is 0.788 bits per heavy atom. The molecule has 0 aliphatic rings. The van der Waals surface area contributed by atoms with Gasteiger partial charge in [-0.1, -0.05) is 0 Å². The second-order valence-corrected chi connectivity index (χ2v) is 8.53. The molecule has 0 aliphatic carbocycles. The first-order valence-electron chi connectivity index (χ1n) is 8.27. The zero-order valence-electron chi connectivity index (χ0n) is 16.4. The monoisotopic (exact) mass is 544 g/mol. The van der Waals surface area contributed by atoms with E-state index in [0.717, 1.165) is 0 Å². The molecule has 0 aromatic heterocycles. The predicted molar refractivity (Wildman–Crippen MR) is 82.5 cm³/mol. The van der Waals surface area contributed by atoms with Gasteiger partial charge in [0, 0.05) is 13.0 Å². The quantitative estimate of drug-likeness (QED) is 0.299. The van der Waals surface area contributed by atoms with Crippen molar-refractivity contribution >= 4 is 10.0 Å². The van der Waals surface area contributed by atoms with Gasteiger partial charge in [0.25, 0.3) is 0 Å².